The maximum atomic E-state index is 11.9. The van der Waals surface area contributed by atoms with Gasteiger partial charge in [-0.3, -0.25) is 4.79 Å². The van der Waals surface area contributed by atoms with Gasteiger partial charge < -0.3 is 15.4 Å². The Morgan fingerprint density at radius 2 is 2.33 bits per heavy atom. The Kier molecular flexibility index (Phi) is 4.44. The van der Waals surface area contributed by atoms with Gasteiger partial charge in [0.2, 0.25) is 0 Å². The number of fused-ring (bicyclic) bond motifs is 1. The Morgan fingerprint density at radius 3 is 3.11 bits per heavy atom. The van der Waals surface area contributed by atoms with Gasteiger partial charge in [-0.1, -0.05) is 18.5 Å². The van der Waals surface area contributed by atoms with E-state index in [1.54, 1.807) is 6.07 Å². The maximum Gasteiger partial charge on any atom is 0.261 e. The molecular weight excluding hydrogens is 252 g/mol. The number of carbonyl (C=O) groups excluding carboxylic acids is 1. The van der Waals surface area contributed by atoms with E-state index in [2.05, 4.69) is 10.6 Å². The first kappa shape index (κ1) is 13.2. The number of amides is 1. The molecule has 0 aliphatic carbocycles. The van der Waals surface area contributed by atoms with Crippen LogP contribution in [-0.4, -0.2) is 31.6 Å². The molecule has 5 heteroatoms. The van der Waals surface area contributed by atoms with Crippen molar-refractivity contribution in [2.24, 2.45) is 0 Å². The Labute approximate surface area is 112 Å². The van der Waals surface area contributed by atoms with Crippen molar-refractivity contribution in [3.8, 4) is 5.75 Å². The van der Waals surface area contributed by atoms with Crippen LogP contribution in [0.4, 0.5) is 0 Å². The molecule has 2 N–H and O–H groups in total. The second kappa shape index (κ2) is 6.07. The number of likely N-dealkylation sites (N-methyl/N-ethyl adjacent to an activating group) is 1. The Bertz CT molecular complexity index is 437. The van der Waals surface area contributed by atoms with Crippen molar-refractivity contribution in [3.05, 3.63) is 28.8 Å². The fraction of sp³-hybridized carbons (Fsp3) is 0.462. The molecular formula is C13H17ClN2O2. The van der Waals surface area contributed by atoms with Gasteiger partial charge >= 0.3 is 0 Å². The Morgan fingerprint density at radius 1 is 1.50 bits per heavy atom. The third kappa shape index (κ3) is 3.15. The Balaban J connectivity index is 1.84. The fourth-order valence-electron chi connectivity index (χ4n) is 1.93. The van der Waals surface area contributed by atoms with E-state index < -0.39 is 6.10 Å². The summed E-state index contributed by atoms with van der Waals surface area (Å²) in [5.74, 6) is 0.687. The molecule has 1 amide bonds. The Hall–Kier alpha value is -1.26. The van der Waals surface area contributed by atoms with Gasteiger partial charge in [0.1, 0.15) is 5.75 Å². The molecule has 1 unspecified atom stereocenters. The molecule has 0 saturated heterocycles. The standard InChI is InChI=1S/C13H17ClN2O2/c1-2-15-5-6-16-13(17)12-8-9-7-10(14)3-4-11(9)18-12/h3-4,7,12,15H,2,5-6,8H2,1H3,(H,16,17). The molecule has 98 valence electrons. The number of nitrogens with one attached hydrogen (secondary N) is 2. The van der Waals surface area contributed by atoms with Gasteiger partial charge in [-0.25, -0.2) is 0 Å². The van der Waals surface area contributed by atoms with Crippen molar-refractivity contribution in [1.29, 1.82) is 0 Å². The third-order valence-corrected chi connectivity index (χ3v) is 3.08. The minimum Gasteiger partial charge on any atom is -0.480 e. The van der Waals surface area contributed by atoms with Crippen molar-refractivity contribution >= 4 is 17.5 Å². The van der Waals surface area contributed by atoms with Crippen LogP contribution in [0.25, 0.3) is 0 Å². The van der Waals surface area contributed by atoms with E-state index in [9.17, 15) is 4.79 Å². The second-order valence-corrected chi connectivity index (χ2v) is 4.64. The van der Waals surface area contributed by atoms with Gasteiger partial charge in [0.15, 0.2) is 6.10 Å². The first-order chi connectivity index (χ1) is 8.70. The molecule has 0 aromatic heterocycles. The van der Waals surface area contributed by atoms with Gasteiger partial charge in [-0.05, 0) is 30.3 Å². The van der Waals surface area contributed by atoms with Crippen LogP contribution in [0.5, 0.6) is 5.75 Å². The lowest BCUT2D eigenvalue weighted by atomic mass is 10.1. The number of ether oxygens (including phenoxy) is 1. The van der Waals surface area contributed by atoms with E-state index in [4.69, 9.17) is 16.3 Å². The average Bonchev–Trinajstić information content (AvgIpc) is 2.77. The predicted octanol–water partition coefficient (Wildman–Crippen LogP) is 1.37. The van der Waals surface area contributed by atoms with Gasteiger partial charge in [0.05, 0.1) is 0 Å². The first-order valence-corrected chi connectivity index (χ1v) is 6.52. The topological polar surface area (TPSA) is 50.4 Å². The lowest BCUT2D eigenvalue weighted by Crippen LogP contribution is -2.40. The van der Waals surface area contributed by atoms with Crippen LogP contribution < -0.4 is 15.4 Å². The molecule has 0 spiro atoms. The molecule has 1 atom stereocenters. The maximum absolute atomic E-state index is 11.9. The van der Waals surface area contributed by atoms with Gasteiger partial charge in [-0.2, -0.15) is 0 Å². The predicted molar refractivity (Wildman–Crippen MR) is 71.1 cm³/mol. The van der Waals surface area contributed by atoms with E-state index >= 15 is 0 Å². The molecule has 2 rings (SSSR count). The van der Waals surface area contributed by atoms with E-state index in [0.29, 0.717) is 18.0 Å². The lowest BCUT2D eigenvalue weighted by molar-refractivity contribution is -0.127. The van der Waals surface area contributed by atoms with Crippen molar-refractivity contribution in [2.75, 3.05) is 19.6 Å². The largest absolute Gasteiger partial charge is 0.480 e. The molecule has 4 nitrogen and oxygen atoms in total. The van der Waals surface area contributed by atoms with Gasteiger partial charge in [0, 0.05) is 24.5 Å². The van der Waals surface area contributed by atoms with Crippen LogP contribution in [-0.2, 0) is 11.2 Å². The number of halogens is 1. The molecule has 0 radical (unpaired) electrons. The summed E-state index contributed by atoms with van der Waals surface area (Å²) in [5.41, 5.74) is 0.995. The number of hydrogen-bond acceptors (Lipinski definition) is 3. The van der Waals surface area contributed by atoms with E-state index in [-0.39, 0.29) is 5.91 Å². The normalized spacial score (nSPS) is 17.1. The van der Waals surface area contributed by atoms with Crippen LogP contribution in [0.2, 0.25) is 5.02 Å². The van der Waals surface area contributed by atoms with E-state index in [1.165, 1.54) is 0 Å². The van der Waals surface area contributed by atoms with Crippen LogP contribution in [0.1, 0.15) is 12.5 Å². The van der Waals surface area contributed by atoms with Crippen molar-refractivity contribution in [1.82, 2.24) is 10.6 Å². The van der Waals surface area contributed by atoms with Crippen molar-refractivity contribution in [2.45, 2.75) is 19.4 Å². The molecule has 1 aliphatic heterocycles. The van der Waals surface area contributed by atoms with Crippen molar-refractivity contribution in [3.63, 3.8) is 0 Å². The zero-order valence-corrected chi connectivity index (χ0v) is 11.1. The highest BCUT2D eigenvalue weighted by Gasteiger charge is 2.28. The molecule has 1 aromatic carbocycles. The minimum atomic E-state index is -0.430. The summed E-state index contributed by atoms with van der Waals surface area (Å²) in [6.45, 7) is 4.32. The van der Waals surface area contributed by atoms with Crippen LogP contribution in [0.15, 0.2) is 18.2 Å². The quantitative estimate of drug-likeness (QED) is 0.793. The fourth-order valence-corrected chi connectivity index (χ4v) is 2.12. The SMILES string of the molecule is CCNCCNC(=O)C1Cc2cc(Cl)ccc2O1. The minimum absolute atomic E-state index is 0.0692. The van der Waals surface area contributed by atoms with Gasteiger partial charge in [-0.15, -0.1) is 0 Å². The van der Waals surface area contributed by atoms with E-state index in [0.717, 1.165) is 24.4 Å². The van der Waals surface area contributed by atoms with Crippen LogP contribution >= 0.6 is 11.6 Å². The van der Waals surface area contributed by atoms with E-state index in [1.807, 2.05) is 19.1 Å². The highest BCUT2D eigenvalue weighted by Crippen LogP contribution is 2.30. The summed E-state index contributed by atoms with van der Waals surface area (Å²) in [5, 5.41) is 6.67. The molecule has 1 aliphatic rings. The third-order valence-electron chi connectivity index (χ3n) is 2.84. The number of carbonyl (C=O) groups is 1. The monoisotopic (exact) mass is 268 g/mol. The summed E-state index contributed by atoms with van der Waals surface area (Å²) in [6, 6.07) is 5.43. The van der Waals surface area contributed by atoms with Crippen LogP contribution in [0, 0.1) is 0 Å². The molecule has 1 heterocycles. The first-order valence-electron chi connectivity index (χ1n) is 6.14. The summed E-state index contributed by atoms with van der Waals surface area (Å²) < 4.78 is 5.59. The summed E-state index contributed by atoms with van der Waals surface area (Å²) >= 11 is 5.90. The second-order valence-electron chi connectivity index (χ2n) is 4.21. The zero-order chi connectivity index (χ0) is 13.0. The molecule has 18 heavy (non-hydrogen) atoms. The van der Waals surface area contributed by atoms with Gasteiger partial charge in [0.25, 0.3) is 5.91 Å². The highest BCUT2D eigenvalue weighted by molar-refractivity contribution is 6.30. The number of rotatable bonds is 5. The molecule has 0 bridgehead atoms. The zero-order valence-electron chi connectivity index (χ0n) is 10.3. The number of benzene rings is 1. The van der Waals surface area contributed by atoms with Crippen LogP contribution in [0.3, 0.4) is 0 Å². The van der Waals surface area contributed by atoms with Crippen molar-refractivity contribution < 1.29 is 9.53 Å². The number of hydrogen-bond donors (Lipinski definition) is 2. The summed E-state index contributed by atoms with van der Waals surface area (Å²) in [4.78, 5) is 11.9. The molecule has 0 saturated carbocycles. The average molecular weight is 269 g/mol. The molecule has 1 aromatic rings. The summed E-state index contributed by atoms with van der Waals surface area (Å²) in [6.07, 6.45) is 0.156. The molecule has 0 fully saturated rings. The highest BCUT2D eigenvalue weighted by atomic mass is 35.5. The smallest absolute Gasteiger partial charge is 0.261 e. The lowest BCUT2D eigenvalue weighted by Gasteiger charge is -2.11. The summed E-state index contributed by atoms with van der Waals surface area (Å²) in [7, 11) is 0.